The molecule has 1 saturated heterocycles. The van der Waals surface area contributed by atoms with Crippen LogP contribution in [0.15, 0.2) is 223 Å². The van der Waals surface area contributed by atoms with Gasteiger partial charge < -0.3 is 62.0 Å². The van der Waals surface area contributed by atoms with Gasteiger partial charge in [-0.15, -0.1) is 0 Å². The average molecular weight is 2150 g/mol. The van der Waals surface area contributed by atoms with E-state index in [1.165, 1.54) is 48.5 Å². The van der Waals surface area contributed by atoms with Crippen molar-refractivity contribution in [3.05, 3.63) is 312 Å². The number of carbonyl (C=O) groups is 4. The predicted octanol–water partition coefficient (Wildman–Crippen LogP) is 29.5. The van der Waals surface area contributed by atoms with Gasteiger partial charge in [0.05, 0.1) is 72.4 Å². The van der Waals surface area contributed by atoms with E-state index in [4.69, 9.17) is 51.8 Å². The number of esters is 4. The first-order valence-electron chi connectivity index (χ1n) is 50.8. The summed E-state index contributed by atoms with van der Waals surface area (Å²) in [7, 11) is -2.08. The van der Waals surface area contributed by atoms with E-state index in [0.717, 1.165) is 88.4 Å². The van der Waals surface area contributed by atoms with E-state index < -0.39 is 60.9 Å². The van der Waals surface area contributed by atoms with E-state index in [1.54, 1.807) is 82.3 Å². The lowest BCUT2D eigenvalue weighted by Crippen LogP contribution is -2.43. The first kappa shape index (κ1) is 108. The highest BCUT2D eigenvalue weighted by Gasteiger charge is 2.51. The Morgan fingerprint density at radius 1 is 0.362 bits per heavy atom. The Labute approximate surface area is 867 Å². The Morgan fingerprint density at radius 2 is 0.624 bits per heavy atom. The maximum Gasteiger partial charge on any atom is 0.417 e. The molecule has 5 fully saturated rings. The van der Waals surface area contributed by atoms with Crippen molar-refractivity contribution in [2.24, 2.45) is 23.7 Å². The highest BCUT2D eigenvalue weighted by Crippen LogP contribution is 2.57. The van der Waals surface area contributed by atoms with Crippen LogP contribution in [0.3, 0.4) is 0 Å². The first-order valence-corrected chi connectivity index (χ1v) is 54.5. The number of carbonyl (C=O) groups excluding carboxylic acids is 4. The van der Waals surface area contributed by atoms with E-state index >= 15 is 0 Å². The van der Waals surface area contributed by atoms with Crippen molar-refractivity contribution < 1.29 is 134 Å². The van der Waals surface area contributed by atoms with Gasteiger partial charge in [0.1, 0.15) is 76.9 Å². The summed E-state index contributed by atoms with van der Waals surface area (Å²) in [4.78, 5) is 47.7. The molecule has 1 aliphatic heterocycles. The minimum Gasteiger partial charge on any atom is -0.544 e. The molecule has 17 nitrogen and oxygen atoms in total. The molecule has 0 bridgehead atoms. The maximum atomic E-state index is 14.2. The van der Waals surface area contributed by atoms with E-state index in [9.17, 15) is 82.1 Å². The summed E-state index contributed by atoms with van der Waals surface area (Å²) in [5.41, 5.74) is 8.20. The third-order valence-electron chi connectivity index (χ3n) is 30.0. The molecular weight excluding hydrogens is 2030 g/mol. The molecule has 149 heavy (non-hydrogen) atoms. The minimum atomic E-state index is -4.52. The highest BCUT2D eigenvalue weighted by atomic mass is 79.9. The molecule has 0 unspecified atom stereocenters. The van der Waals surface area contributed by atoms with Crippen molar-refractivity contribution >= 4 is 48.1 Å². The molecule has 11 aromatic rings. The van der Waals surface area contributed by atoms with Gasteiger partial charge in [-0.05, 0) is 372 Å². The zero-order valence-electron chi connectivity index (χ0n) is 84.0. The zero-order chi connectivity index (χ0) is 106. The monoisotopic (exact) mass is 2140 g/mol. The number of hydrogen-bond donors (Lipinski definition) is 2. The van der Waals surface area contributed by atoms with Crippen LogP contribution in [0.2, 0.25) is 18.1 Å². The van der Waals surface area contributed by atoms with Gasteiger partial charge in [0, 0.05) is 30.5 Å². The number of halogens is 13. The van der Waals surface area contributed by atoms with Crippen LogP contribution in [0.25, 0.3) is 33.4 Å². The quantitative estimate of drug-likeness (QED) is 0.0202. The van der Waals surface area contributed by atoms with Gasteiger partial charge in [0.15, 0.2) is 0 Å². The van der Waals surface area contributed by atoms with Gasteiger partial charge in [0.2, 0.25) is 8.32 Å². The topological polar surface area (TPSA) is 210 Å². The number of benzene rings is 11. The number of ether oxygens (including phenoxy) is 10. The van der Waals surface area contributed by atoms with E-state index in [0.29, 0.717) is 177 Å². The van der Waals surface area contributed by atoms with Crippen LogP contribution in [-0.4, -0.2) is 94.3 Å². The van der Waals surface area contributed by atoms with Crippen molar-refractivity contribution in [2.75, 3.05) is 46.2 Å². The Morgan fingerprint density at radius 3 is 0.906 bits per heavy atom. The van der Waals surface area contributed by atoms with Crippen LogP contribution in [0, 0.1) is 23.7 Å². The molecule has 0 spiro atoms. The lowest BCUT2D eigenvalue weighted by atomic mass is 9.91. The smallest absolute Gasteiger partial charge is 0.417 e. The number of hydrogen-bond acceptors (Lipinski definition) is 17. The summed E-state index contributed by atoms with van der Waals surface area (Å²) in [5.74, 6) is 3.39. The second-order valence-corrected chi connectivity index (χ2v) is 46.4. The first-order chi connectivity index (χ1) is 70.9. The molecular formula is C118H119BrF12O17Si. The van der Waals surface area contributed by atoms with E-state index in [2.05, 4.69) is 49.8 Å². The number of aromatic hydroxyl groups is 1. The van der Waals surface area contributed by atoms with Crippen molar-refractivity contribution in [3.63, 3.8) is 0 Å². The van der Waals surface area contributed by atoms with Crippen LogP contribution in [0.1, 0.15) is 250 Å². The molecule has 1 heterocycles. The Bertz CT molecular complexity index is 6620. The van der Waals surface area contributed by atoms with Crippen molar-refractivity contribution in [1.82, 2.24) is 0 Å². The van der Waals surface area contributed by atoms with Crippen LogP contribution < -0.4 is 28.1 Å². The minimum absolute atomic E-state index is 0.000633. The largest absolute Gasteiger partial charge is 0.544 e. The number of alkyl halides is 12. The molecule has 11 aromatic carbocycles. The molecule has 31 heteroatoms. The third kappa shape index (κ3) is 25.0. The summed E-state index contributed by atoms with van der Waals surface area (Å²) in [6.07, 6.45) is -10.9. The fraction of sp³-hybridized carbons (Fsp3) is 0.407. The fourth-order valence-corrected chi connectivity index (χ4v) is 22.6. The molecule has 0 amide bonds. The predicted molar refractivity (Wildman–Crippen MR) is 542 cm³/mol. The Hall–Kier alpha value is -12.3. The van der Waals surface area contributed by atoms with Crippen molar-refractivity contribution in [1.29, 1.82) is 0 Å². The molecule has 8 aliphatic carbocycles. The molecule has 9 aliphatic rings. The molecule has 12 atom stereocenters. The zero-order valence-corrected chi connectivity index (χ0v) is 86.6. The maximum absolute atomic E-state index is 14.2. The van der Waals surface area contributed by atoms with Gasteiger partial charge in [-0.3, -0.25) is 19.2 Å². The Kier molecular flexibility index (Phi) is 32.1. The lowest BCUT2D eigenvalue weighted by Gasteiger charge is -2.36. The second kappa shape index (κ2) is 44.3. The summed E-state index contributed by atoms with van der Waals surface area (Å²) < 4.78 is 229. The summed E-state index contributed by atoms with van der Waals surface area (Å²) in [5, 5.41) is 20.3. The number of rotatable bonds is 28. The summed E-state index contributed by atoms with van der Waals surface area (Å²) in [6, 6.07) is 60.5. The van der Waals surface area contributed by atoms with E-state index in [1.807, 2.05) is 97.1 Å². The molecule has 0 radical (unpaired) electrons. The number of aliphatic hydroxyl groups is 1. The van der Waals surface area contributed by atoms with E-state index in [-0.39, 0.29) is 134 Å². The SMILES string of the molecule is CCOC(=O)[C@H]1C[C@@H]1c1ccc(O[C@@H]2CCc3c2ccc(C(F)(F)F)c3-c2ccc(O)cc2)cc1.CCOC(=O)[C@H]1C[C@@H]1c1ccc(O[C@@H]2CCc3c2ccc(C(F)(F)F)c3-c2ccc(OCC3(O)CCOCC3)cc2)cc1.CCOC(=O)[C@H]1C[C@@H]1c1ccc(O[C@@H]2CCc3c2ccc(C(F)(F)F)c3-c2ccc(O[Si](C)(C)C(C)(C)C)cc2)cc1.CCOC(=O)[C@H]1C[C@@H]1c1ccc(O[C@@H]2CCc3c2ccc(C(F)(F)F)c3Br)cc1. The lowest BCUT2D eigenvalue weighted by molar-refractivity contribution is -0.145. The molecule has 4 saturated carbocycles. The van der Waals surface area contributed by atoms with Crippen LogP contribution in [-0.2, 0) is 93.3 Å². The van der Waals surface area contributed by atoms with Gasteiger partial charge in [-0.2, -0.15) is 52.7 Å². The average Bonchev–Trinajstić information content (AvgIpc) is 1.66. The van der Waals surface area contributed by atoms with Crippen molar-refractivity contribution in [2.45, 2.75) is 235 Å². The third-order valence-corrected chi connectivity index (χ3v) is 35.2. The molecule has 0 aromatic heterocycles. The number of phenolic OH excluding ortho intramolecular Hbond substituents is 1. The second-order valence-electron chi connectivity index (χ2n) is 40.9. The highest BCUT2D eigenvalue weighted by molar-refractivity contribution is 9.10. The van der Waals surface area contributed by atoms with Gasteiger partial charge in [0.25, 0.3) is 0 Å². The van der Waals surface area contributed by atoms with Gasteiger partial charge in [-0.25, -0.2) is 0 Å². The van der Waals surface area contributed by atoms with Gasteiger partial charge >= 0.3 is 48.6 Å². The normalized spacial score (nSPS) is 21.5. The summed E-state index contributed by atoms with van der Waals surface area (Å²) >= 11 is 3.13. The van der Waals surface area contributed by atoms with Crippen LogP contribution in [0.4, 0.5) is 52.7 Å². The standard InChI is InChI=1S/C34H35F3O6.C34H39F3O4Si.C28H25F3O4.C22H20BrF3O3/c1-2-41-32(38)28-19-27(28)21-3-9-24(10-4-21)43-30-14-12-26-25(30)11-13-29(34(35,36)37)31(26)22-5-7-23(8-6-22)42-20-33(39)15-17-40-18-16-33;1-7-39-32(38)28-20-27(28)21-8-12-23(13-9-21)40-30-19-17-26-25(30)16-18-29(34(35,36)37)31(26)22-10-14-24(15-11-22)41-42(5,6)33(2,3)4;1-2-34-27(33)23-15-22(23)16-5-9-19(10-6-16)35-25-14-12-21-20(25)11-13-24(28(29,30)31)26(21)17-3-7-18(32)8-4-17;1-2-28-21(27)17-11-16(17)12-3-5-13(6-4-12)29-19-10-8-15-14(19)7-9-18(20(15)23)22(24,25)26/h3-11,13,27-28,30,39H,2,12,14-20H2,1H3;8-16,18,27-28,30H,7,17,19-20H2,1-6H3;3-11,13,22-23,25,32H,2,12,14-15H2,1H3;3-7,9,16-17,19H,2,8,10-11H2,1H3/t2*27-,28+,30-;22-,23+,25-;16-,17+,19-/m1111/s1. The molecule has 788 valence electrons. The fourth-order valence-electron chi connectivity index (χ4n) is 20.7. The van der Waals surface area contributed by atoms with Crippen molar-refractivity contribution in [3.8, 4) is 73.6 Å². The Balaban J connectivity index is 0.000000137. The van der Waals surface area contributed by atoms with Crippen LogP contribution in [0.5, 0.6) is 40.2 Å². The number of phenols is 1. The summed E-state index contributed by atoms with van der Waals surface area (Å²) in [6.45, 7) is 20.5. The van der Waals surface area contributed by atoms with Crippen LogP contribution >= 0.6 is 15.9 Å². The number of fused-ring (bicyclic) bond motifs is 4. The van der Waals surface area contributed by atoms with Gasteiger partial charge in [-0.1, -0.05) is 130 Å². The molecule has 2 N–H and O–H groups in total. The molecule has 20 rings (SSSR count).